The number of quaternary nitrogens is 1. The zero-order valence-electron chi connectivity index (χ0n) is 48.1. The monoisotopic (exact) mass is 1040 g/mol. The van der Waals surface area contributed by atoms with Crippen molar-refractivity contribution in [3.05, 3.63) is 36.5 Å². The number of allylic oxidation sites excluding steroid dienone is 6. The average Bonchev–Trinajstić information content (AvgIpc) is 3.34. The summed E-state index contributed by atoms with van der Waals surface area (Å²) >= 11 is 0. The third-order valence-electron chi connectivity index (χ3n) is 13.7. The van der Waals surface area contributed by atoms with Crippen molar-refractivity contribution >= 4 is 19.8 Å². The van der Waals surface area contributed by atoms with E-state index in [0.717, 1.165) is 64.2 Å². The van der Waals surface area contributed by atoms with Crippen LogP contribution in [0.15, 0.2) is 36.5 Å². The molecule has 0 N–H and O–H groups in total. The van der Waals surface area contributed by atoms with E-state index in [0.29, 0.717) is 17.4 Å². The van der Waals surface area contributed by atoms with Gasteiger partial charge in [0.15, 0.2) is 6.10 Å². The number of phosphoric ester groups is 1. The molecule has 72 heavy (non-hydrogen) atoms. The van der Waals surface area contributed by atoms with Crippen molar-refractivity contribution in [2.24, 2.45) is 0 Å². The molecule has 0 bridgehead atoms. The van der Waals surface area contributed by atoms with E-state index in [1.165, 1.54) is 199 Å². The molecule has 0 aromatic carbocycles. The van der Waals surface area contributed by atoms with Gasteiger partial charge in [0.1, 0.15) is 19.8 Å². The predicted molar refractivity (Wildman–Crippen MR) is 305 cm³/mol. The number of hydrogen-bond donors (Lipinski definition) is 0. The second-order valence-electron chi connectivity index (χ2n) is 22.0. The summed E-state index contributed by atoms with van der Waals surface area (Å²) in [6, 6.07) is 0. The Morgan fingerprint density at radius 1 is 0.444 bits per heavy atom. The number of ether oxygens (including phenoxy) is 2. The zero-order valence-corrected chi connectivity index (χ0v) is 49.0. The molecule has 0 rings (SSSR count). The van der Waals surface area contributed by atoms with E-state index in [2.05, 4.69) is 50.3 Å². The second kappa shape index (κ2) is 54.0. The van der Waals surface area contributed by atoms with E-state index < -0.39 is 26.5 Å². The van der Waals surface area contributed by atoms with Gasteiger partial charge in [-0.05, 0) is 44.9 Å². The van der Waals surface area contributed by atoms with Crippen LogP contribution in [0.4, 0.5) is 0 Å². The average molecular weight is 1040 g/mol. The van der Waals surface area contributed by atoms with Crippen LogP contribution >= 0.6 is 7.82 Å². The molecule has 0 aliphatic heterocycles. The number of carbonyl (C=O) groups is 2. The lowest BCUT2D eigenvalue weighted by molar-refractivity contribution is -0.870. The van der Waals surface area contributed by atoms with Crippen LogP contribution in [0.5, 0.6) is 0 Å². The Hall–Kier alpha value is -1.77. The van der Waals surface area contributed by atoms with Crippen LogP contribution in [-0.2, 0) is 32.7 Å². The lowest BCUT2D eigenvalue weighted by Crippen LogP contribution is -2.37. The van der Waals surface area contributed by atoms with Crippen LogP contribution in [0.25, 0.3) is 0 Å². The fourth-order valence-corrected chi connectivity index (χ4v) is 9.70. The molecule has 0 aromatic heterocycles. The standard InChI is InChI=1S/C62H118NO8P/c1-6-8-10-12-14-16-18-20-22-24-25-26-27-28-29-30-31-32-33-34-35-36-37-39-40-42-44-46-48-50-52-54-61(64)68-58-60(59-70-72(66,67)69-57-56-63(3,4)5)71-62(65)55-53-51-49-47-45-43-41-38-23-21-19-17-15-13-11-9-7-2/h9,11,15,17,21,23,60H,6-8,10,12-14,16,18-20,22,24-59H2,1-5H3/b11-9-,17-15-,23-21-. The first-order valence-electron chi connectivity index (χ1n) is 30.7. The van der Waals surface area contributed by atoms with Crippen molar-refractivity contribution in [2.45, 2.75) is 302 Å². The van der Waals surface area contributed by atoms with Gasteiger partial charge in [0.05, 0.1) is 27.7 Å². The molecule has 0 radical (unpaired) electrons. The van der Waals surface area contributed by atoms with E-state index in [1.807, 2.05) is 21.1 Å². The van der Waals surface area contributed by atoms with Crippen molar-refractivity contribution in [1.82, 2.24) is 0 Å². The highest BCUT2D eigenvalue weighted by Crippen LogP contribution is 2.38. The normalized spacial score (nSPS) is 13.5. The number of rotatable bonds is 57. The molecule has 424 valence electrons. The number of likely N-dealkylation sites (N-methyl/N-ethyl adjacent to an activating group) is 1. The second-order valence-corrected chi connectivity index (χ2v) is 23.5. The molecule has 0 saturated carbocycles. The SMILES string of the molecule is CC/C=C\C/C=C\C/C=C\CCCCCCCCCC(=O)OC(COC(=O)CCCCCCCCCCCCCCCCCCCCCCCCCCCCCCCCC)COP(=O)([O-])OCC[N+](C)(C)C. The summed E-state index contributed by atoms with van der Waals surface area (Å²) in [6.07, 6.45) is 66.5. The highest BCUT2D eigenvalue weighted by atomic mass is 31.2. The van der Waals surface area contributed by atoms with E-state index in [1.54, 1.807) is 0 Å². The van der Waals surface area contributed by atoms with Crippen molar-refractivity contribution in [3.63, 3.8) is 0 Å². The minimum absolute atomic E-state index is 0.0318. The van der Waals surface area contributed by atoms with Crippen LogP contribution in [0, 0.1) is 0 Å². The molecule has 0 saturated heterocycles. The number of esters is 2. The highest BCUT2D eigenvalue weighted by Gasteiger charge is 2.22. The van der Waals surface area contributed by atoms with Gasteiger partial charge < -0.3 is 27.9 Å². The summed E-state index contributed by atoms with van der Waals surface area (Å²) in [7, 11) is 1.17. The molecule has 0 aromatic rings. The summed E-state index contributed by atoms with van der Waals surface area (Å²) in [6.45, 7) is 4.16. The Kier molecular flexibility index (Phi) is 52.7. The Balaban J connectivity index is 4.00. The van der Waals surface area contributed by atoms with Gasteiger partial charge in [0.25, 0.3) is 7.82 Å². The lowest BCUT2D eigenvalue weighted by Gasteiger charge is -2.28. The van der Waals surface area contributed by atoms with Gasteiger partial charge in [-0.1, -0.05) is 275 Å². The number of phosphoric acid groups is 1. The van der Waals surface area contributed by atoms with Gasteiger partial charge >= 0.3 is 11.9 Å². The molecule has 0 fully saturated rings. The molecule has 0 amide bonds. The van der Waals surface area contributed by atoms with Crippen molar-refractivity contribution in [2.75, 3.05) is 47.5 Å². The minimum atomic E-state index is -4.64. The lowest BCUT2D eigenvalue weighted by atomic mass is 10.0. The van der Waals surface area contributed by atoms with E-state index in [9.17, 15) is 19.0 Å². The largest absolute Gasteiger partial charge is 0.756 e. The Morgan fingerprint density at radius 2 is 0.792 bits per heavy atom. The minimum Gasteiger partial charge on any atom is -0.756 e. The van der Waals surface area contributed by atoms with E-state index in [4.69, 9.17) is 18.5 Å². The van der Waals surface area contributed by atoms with Gasteiger partial charge in [0, 0.05) is 12.8 Å². The molecule has 2 unspecified atom stereocenters. The summed E-state index contributed by atoms with van der Waals surface area (Å²) in [5.74, 6) is -0.832. The third-order valence-corrected chi connectivity index (χ3v) is 14.6. The quantitative estimate of drug-likeness (QED) is 0.0195. The fraction of sp³-hybridized carbons (Fsp3) is 0.871. The summed E-state index contributed by atoms with van der Waals surface area (Å²) < 4.78 is 34.2. The van der Waals surface area contributed by atoms with Gasteiger partial charge in [-0.3, -0.25) is 14.2 Å². The Bertz CT molecular complexity index is 1310. The van der Waals surface area contributed by atoms with Crippen LogP contribution in [0.3, 0.4) is 0 Å². The summed E-state index contributed by atoms with van der Waals surface area (Å²) in [4.78, 5) is 37.9. The zero-order chi connectivity index (χ0) is 52.7. The van der Waals surface area contributed by atoms with Crippen LogP contribution in [0.2, 0.25) is 0 Å². The number of nitrogens with zero attached hydrogens (tertiary/aromatic N) is 1. The molecule has 2 atom stereocenters. The van der Waals surface area contributed by atoms with E-state index >= 15 is 0 Å². The molecule has 0 heterocycles. The molecule has 0 aliphatic rings. The third kappa shape index (κ3) is 57.5. The first-order valence-corrected chi connectivity index (χ1v) is 32.2. The molecular weight excluding hydrogens is 918 g/mol. The molecular formula is C62H118NO8P. The Morgan fingerprint density at radius 3 is 1.18 bits per heavy atom. The topological polar surface area (TPSA) is 111 Å². The molecule has 0 spiro atoms. The smallest absolute Gasteiger partial charge is 0.306 e. The van der Waals surface area contributed by atoms with Crippen molar-refractivity contribution in [3.8, 4) is 0 Å². The summed E-state index contributed by atoms with van der Waals surface area (Å²) in [5.41, 5.74) is 0. The first-order chi connectivity index (χ1) is 35.0. The predicted octanol–water partition coefficient (Wildman–Crippen LogP) is 18.5. The maximum Gasteiger partial charge on any atom is 0.306 e. The molecule has 0 aliphatic carbocycles. The fourth-order valence-electron chi connectivity index (χ4n) is 8.97. The summed E-state index contributed by atoms with van der Waals surface area (Å²) in [5, 5.41) is 0. The number of hydrogen-bond acceptors (Lipinski definition) is 8. The van der Waals surface area contributed by atoms with Crippen LogP contribution < -0.4 is 4.89 Å². The van der Waals surface area contributed by atoms with Gasteiger partial charge in [-0.2, -0.15) is 0 Å². The number of carbonyl (C=O) groups excluding carboxylic acids is 2. The van der Waals surface area contributed by atoms with Gasteiger partial charge in [-0.25, -0.2) is 0 Å². The molecule has 10 heteroatoms. The Labute approximate surface area is 446 Å². The van der Waals surface area contributed by atoms with E-state index in [-0.39, 0.29) is 32.0 Å². The van der Waals surface area contributed by atoms with Crippen LogP contribution in [-0.4, -0.2) is 70.0 Å². The number of unbranched alkanes of at least 4 members (excludes halogenated alkanes) is 37. The van der Waals surface area contributed by atoms with Gasteiger partial charge in [-0.15, -0.1) is 0 Å². The van der Waals surface area contributed by atoms with Crippen molar-refractivity contribution in [1.29, 1.82) is 0 Å². The maximum atomic E-state index is 12.8. The first kappa shape index (κ1) is 70.2. The maximum absolute atomic E-state index is 12.8. The highest BCUT2D eigenvalue weighted by molar-refractivity contribution is 7.45. The van der Waals surface area contributed by atoms with Crippen LogP contribution in [0.1, 0.15) is 296 Å². The van der Waals surface area contributed by atoms with Crippen molar-refractivity contribution < 1.29 is 42.1 Å². The van der Waals surface area contributed by atoms with Gasteiger partial charge in [0.2, 0.25) is 0 Å². The molecule has 9 nitrogen and oxygen atoms in total.